The van der Waals surface area contributed by atoms with Gasteiger partial charge in [0.15, 0.2) is 17.1 Å². The Kier molecular flexibility index (Phi) is 4.08. The van der Waals surface area contributed by atoms with Crippen LogP contribution >= 0.6 is 0 Å². The van der Waals surface area contributed by atoms with E-state index in [4.69, 9.17) is 13.9 Å². The van der Waals surface area contributed by atoms with Crippen molar-refractivity contribution in [3.05, 3.63) is 54.4 Å². The lowest BCUT2D eigenvalue weighted by atomic mass is 10.2. The van der Waals surface area contributed by atoms with Crippen molar-refractivity contribution >= 4 is 28.8 Å². The van der Waals surface area contributed by atoms with Gasteiger partial charge in [0.2, 0.25) is 11.8 Å². The molecule has 6 heteroatoms. The van der Waals surface area contributed by atoms with Gasteiger partial charge in [0.1, 0.15) is 5.52 Å². The highest BCUT2D eigenvalue weighted by atomic mass is 16.5. The molecule has 0 unspecified atom stereocenters. The van der Waals surface area contributed by atoms with E-state index in [1.54, 1.807) is 24.3 Å². The van der Waals surface area contributed by atoms with Gasteiger partial charge in [-0.05, 0) is 24.3 Å². The Labute approximate surface area is 144 Å². The third-order valence-corrected chi connectivity index (χ3v) is 3.70. The van der Waals surface area contributed by atoms with Gasteiger partial charge in [-0.3, -0.25) is 4.79 Å². The molecule has 126 valence electrons. The number of anilines is 1. The third-order valence-electron chi connectivity index (χ3n) is 3.70. The number of fused-ring (bicyclic) bond motifs is 2. The Bertz CT molecular complexity index is 913. The zero-order valence-electron chi connectivity index (χ0n) is 13.4. The molecule has 4 rings (SSSR count). The van der Waals surface area contributed by atoms with Crippen LogP contribution in [0.1, 0.15) is 12.3 Å². The second-order valence-electron chi connectivity index (χ2n) is 5.55. The summed E-state index contributed by atoms with van der Waals surface area (Å²) >= 11 is 0. The van der Waals surface area contributed by atoms with Gasteiger partial charge in [0.05, 0.1) is 13.2 Å². The number of nitrogens with zero attached hydrogens (tertiary/aromatic N) is 1. The van der Waals surface area contributed by atoms with E-state index in [-0.39, 0.29) is 5.91 Å². The maximum atomic E-state index is 12.1. The van der Waals surface area contributed by atoms with E-state index in [0.29, 0.717) is 41.9 Å². The highest BCUT2D eigenvalue weighted by Crippen LogP contribution is 2.32. The maximum absolute atomic E-state index is 12.1. The number of ether oxygens (including phenoxy) is 2. The first-order valence-corrected chi connectivity index (χ1v) is 8.02. The number of aromatic nitrogens is 1. The van der Waals surface area contributed by atoms with Gasteiger partial charge in [0, 0.05) is 30.3 Å². The van der Waals surface area contributed by atoms with Crippen molar-refractivity contribution in [2.75, 3.05) is 18.5 Å². The largest absolute Gasteiger partial charge is 0.490 e. The summed E-state index contributed by atoms with van der Waals surface area (Å²) in [6.07, 6.45) is 3.76. The predicted octanol–water partition coefficient (Wildman–Crippen LogP) is 3.64. The Hall–Kier alpha value is -3.28. The van der Waals surface area contributed by atoms with Crippen LogP contribution in [0.5, 0.6) is 11.5 Å². The molecule has 25 heavy (non-hydrogen) atoms. The Balaban J connectivity index is 1.45. The smallest absolute Gasteiger partial charge is 0.248 e. The first kappa shape index (κ1) is 15.3. The molecule has 0 fully saturated rings. The van der Waals surface area contributed by atoms with E-state index in [2.05, 4.69) is 10.3 Å². The molecular formula is C19H16N2O4. The standard InChI is InChI=1S/C19H16N2O4/c22-18(8-9-19-21-14-4-1-2-5-15(14)25-19)20-13-6-7-16-17(12-13)24-11-3-10-23-16/h1-2,4-9,12H,3,10-11H2,(H,20,22)/b9-8+. The summed E-state index contributed by atoms with van der Waals surface area (Å²) in [4.78, 5) is 16.4. The second-order valence-corrected chi connectivity index (χ2v) is 5.55. The van der Waals surface area contributed by atoms with Gasteiger partial charge in [0.25, 0.3) is 0 Å². The maximum Gasteiger partial charge on any atom is 0.248 e. The number of rotatable bonds is 3. The normalized spacial score (nSPS) is 13.8. The van der Waals surface area contributed by atoms with Crippen LogP contribution in [0, 0.1) is 0 Å². The zero-order chi connectivity index (χ0) is 17.1. The number of amides is 1. The monoisotopic (exact) mass is 336 g/mol. The fourth-order valence-electron chi connectivity index (χ4n) is 2.53. The molecule has 0 spiro atoms. The molecule has 0 atom stereocenters. The number of oxazole rings is 1. The summed E-state index contributed by atoms with van der Waals surface area (Å²) in [6, 6.07) is 12.8. The third kappa shape index (κ3) is 3.47. The quantitative estimate of drug-likeness (QED) is 0.739. The van der Waals surface area contributed by atoms with Gasteiger partial charge < -0.3 is 19.2 Å². The highest BCUT2D eigenvalue weighted by molar-refractivity contribution is 6.01. The van der Waals surface area contributed by atoms with Crippen LogP contribution in [0.4, 0.5) is 5.69 Å². The number of hydrogen-bond donors (Lipinski definition) is 1. The minimum Gasteiger partial charge on any atom is -0.490 e. The molecule has 0 saturated heterocycles. The molecule has 6 nitrogen and oxygen atoms in total. The van der Waals surface area contributed by atoms with Crippen LogP contribution in [0.3, 0.4) is 0 Å². The molecule has 3 aromatic rings. The molecule has 2 aromatic carbocycles. The summed E-state index contributed by atoms with van der Waals surface area (Å²) in [5, 5.41) is 2.79. The number of carbonyl (C=O) groups excluding carboxylic acids is 1. The summed E-state index contributed by atoms with van der Waals surface area (Å²) in [5.41, 5.74) is 2.08. The Morgan fingerprint density at radius 2 is 1.92 bits per heavy atom. The van der Waals surface area contributed by atoms with Gasteiger partial charge >= 0.3 is 0 Å². The molecule has 1 N–H and O–H groups in total. The number of benzene rings is 2. The van der Waals surface area contributed by atoms with Crippen molar-refractivity contribution in [1.82, 2.24) is 4.98 Å². The van der Waals surface area contributed by atoms with E-state index < -0.39 is 0 Å². The fraction of sp³-hybridized carbons (Fsp3) is 0.158. The van der Waals surface area contributed by atoms with E-state index in [1.807, 2.05) is 24.3 Å². The van der Waals surface area contributed by atoms with E-state index in [0.717, 1.165) is 11.9 Å². The fourth-order valence-corrected chi connectivity index (χ4v) is 2.53. The lowest BCUT2D eigenvalue weighted by molar-refractivity contribution is -0.111. The second kappa shape index (κ2) is 6.68. The van der Waals surface area contributed by atoms with Crippen LogP contribution in [0.15, 0.2) is 53.0 Å². The first-order chi connectivity index (χ1) is 12.3. The molecule has 0 radical (unpaired) electrons. The number of para-hydroxylation sites is 2. The summed E-state index contributed by atoms with van der Waals surface area (Å²) in [5.74, 6) is 1.43. The minimum absolute atomic E-state index is 0.281. The van der Waals surface area contributed by atoms with Crippen molar-refractivity contribution in [3.8, 4) is 11.5 Å². The van der Waals surface area contributed by atoms with Crippen LogP contribution in [0.25, 0.3) is 17.2 Å². The number of carbonyl (C=O) groups is 1. The van der Waals surface area contributed by atoms with Crippen LogP contribution in [-0.2, 0) is 4.79 Å². The average Bonchev–Trinajstić information content (AvgIpc) is 2.90. The first-order valence-electron chi connectivity index (χ1n) is 8.02. The van der Waals surface area contributed by atoms with Crippen molar-refractivity contribution < 1.29 is 18.7 Å². The summed E-state index contributed by atoms with van der Waals surface area (Å²) in [7, 11) is 0. The molecular weight excluding hydrogens is 320 g/mol. The van der Waals surface area contributed by atoms with Gasteiger partial charge in [-0.15, -0.1) is 0 Å². The lowest BCUT2D eigenvalue weighted by Crippen LogP contribution is -2.08. The molecule has 1 aliphatic heterocycles. The van der Waals surface area contributed by atoms with Crippen LogP contribution < -0.4 is 14.8 Å². The topological polar surface area (TPSA) is 73.6 Å². The molecule has 0 saturated carbocycles. The van der Waals surface area contributed by atoms with Crippen LogP contribution in [-0.4, -0.2) is 24.1 Å². The lowest BCUT2D eigenvalue weighted by Gasteiger charge is -2.09. The van der Waals surface area contributed by atoms with E-state index >= 15 is 0 Å². The SMILES string of the molecule is O=C(/C=C/c1nc2ccccc2o1)Nc1ccc2c(c1)OCCCO2. The molecule has 1 aliphatic rings. The molecule has 0 bridgehead atoms. The van der Waals surface area contributed by atoms with Crippen molar-refractivity contribution in [2.24, 2.45) is 0 Å². The van der Waals surface area contributed by atoms with E-state index in [1.165, 1.54) is 6.08 Å². The Morgan fingerprint density at radius 1 is 1.08 bits per heavy atom. The zero-order valence-corrected chi connectivity index (χ0v) is 13.4. The van der Waals surface area contributed by atoms with Crippen molar-refractivity contribution in [2.45, 2.75) is 6.42 Å². The Morgan fingerprint density at radius 3 is 2.80 bits per heavy atom. The molecule has 0 aliphatic carbocycles. The van der Waals surface area contributed by atoms with Gasteiger partial charge in [-0.2, -0.15) is 0 Å². The minimum atomic E-state index is -0.281. The number of nitrogens with one attached hydrogen (secondary N) is 1. The molecule has 2 heterocycles. The summed E-state index contributed by atoms with van der Waals surface area (Å²) < 4.78 is 16.7. The molecule has 1 aromatic heterocycles. The predicted molar refractivity (Wildman–Crippen MR) is 93.7 cm³/mol. The van der Waals surface area contributed by atoms with Crippen molar-refractivity contribution in [1.29, 1.82) is 0 Å². The van der Waals surface area contributed by atoms with E-state index in [9.17, 15) is 4.79 Å². The highest BCUT2D eigenvalue weighted by Gasteiger charge is 2.11. The van der Waals surface area contributed by atoms with Gasteiger partial charge in [-0.25, -0.2) is 4.98 Å². The van der Waals surface area contributed by atoms with Gasteiger partial charge in [-0.1, -0.05) is 12.1 Å². The van der Waals surface area contributed by atoms with Crippen LogP contribution in [0.2, 0.25) is 0 Å². The van der Waals surface area contributed by atoms with Crippen molar-refractivity contribution in [3.63, 3.8) is 0 Å². The average molecular weight is 336 g/mol. The summed E-state index contributed by atoms with van der Waals surface area (Å²) in [6.45, 7) is 1.23. The molecule has 1 amide bonds. The number of hydrogen-bond acceptors (Lipinski definition) is 5.